The van der Waals surface area contributed by atoms with Gasteiger partial charge in [0.1, 0.15) is 0 Å². The van der Waals surface area contributed by atoms with Gasteiger partial charge in [0.05, 0.1) is 0 Å². The molecule has 0 aromatic carbocycles. The van der Waals surface area contributed by atoms with Crippen molar-refractivity contribution >= 4 is 0 Å². The molecule has 0 aliphatic heterocycles. The van der Waals surface area contributed by atoms with Crippen LogP contribution in [0, 0.1) is 5.41 Å². The lowest BCUT2D eigenvalue weighted by Crippen LogP contribution is -2.25. The normalized spacial score (nSPS) is 21.3. The maximum absolute atomic E-state index is 3.44. The van der Waals surface area contributed by atoms with Gasteiger partial charge in [0.2, 0.25) is 0 Å². The molecule has 0 saturated heterocycles. The van der Waals surface area contributed by atoms with E-state index >= 15 is 0 Å². The molecule has 2 unspecified atom stereocenters. The van der Waals surface area contributed by atoms with E-state index < -0.39 is 0 Å². The van der Waals surface area contributed by atoms with E-state index in [4.69, 9.17) is 0 Å². The Labute approximate surface area is 160 Å². The van der Waals surface area contributed by atoms with Gasteiger partial charge in [0.25, 0.3) is 0 Å². The molecule has 1 nitrogen and oxygen atoms in total. The van der Waals surface area contributed by atoms with Crippen molar-refractivity contribution in [1.29, 1.82) is 0 Å². The lowest BCUT2D eigenvalue weighted by atomic mass is 9.77. The average molecular weight is 350 g/mol. The predicted octanol–water partition coefficient (Wildman–Crippen LogP) is 6.60. The van der Waals surface area contributed by atoms with Crippen LogP contribution in [0.2, 0.25) is 0 Å². The van der Waals surface area contributed by atoms with Crippen LogP contribution in [0.25, 0.3) is 0 Å². The van der Waals surface area contributed by atoms with Crippen LogP contribution in [-0.4, -0.2) is 13.1 Å². The van der Waals surface area contributed by atoms with Crippen LogP contribution >= 0.6 is 0 Å². The van der Waals surface area contributed by atoms with Crippen molar-refractivity contribution < 1.29 is 0 Å². The summed E-state index contributed by atoms with van der Waals surface area (Å²) in [5, 5.41) is 3.44. The monoisotopic (exact) mass is 349 g/mol. The Kier molecular flexibility index (Phi) is 8.12. The number of hydrogen-bond acceptors (Lipinski definition) is 1. The fourth-order valence-electron chi connectivity index (χ4n) is 3.55. The van der Waals surface area contributed by atoms with Crippen LogP contribution < -0.4 is 5.32 Å². The van der Waals surface area contributed by atoms with Gasteiger partial charge in [0.15, 0.2) is 0 Å². The Morgan fingerprint density at radius 2 is 1.92 bits per heavy atom. The summed E-state index contributed by atoms with van der Waals surface area (Å²) in [5.74, 6) is 0. The minimum absolute atomic E-state index is 0.112. The number of likely N-dealkylation sites (N-methyl/N-ethyl adjacent to an activating group) is 1. The van der Waals surface area contributed by atoms with E-state index in [1.807, 2.05) is 7.05 Å². The minimum Gasteiger partial charge on any atom is -0.310 e. The second-order valence-electron chi connectivity index (χ2n) is 7.41. The van der Waals surface area contributed by atoms with Gasteiger partial charge in [0, 0.05) is 11.5 Å². The summed E-state index contributed by atoms with van der Waals surface area (Å²) in [6, 6.07) is 0.324. The van der Waals surface area contributed by atoms with Gasteiger partial charge in [-0.15, -0.1) is 0 Å². The van der Waals surface area contributed by atoms with E-state index in [0.29, 0.717) is 6.04 Å². The van der Waals surface area contributed by atoms with Crippen molar-refractivity contribution in [1.82, 2.24) is 5.32 Å². The lowest BCUT2D eigenvalue weighted by Gasteiger charge is -2.27. The van der Waals surface area contributed by atoms with Crippen molar-refractivity contribution in [2.45, 2.75) is 58.9 Å². The smallest absolute Gasteiger partial charge is 0.0469 e. The molecule has 0 aromatic heterocycles. The fourth-order valence-corrected chi connectivity index (χ4v) is 3.55. The molecule has 140 valence electrons. The Morgan fingerprint density at radius 3 is 2.58 bits per heavy atom. The molecule has 0 heterocycles. The summed E-state index contributed by atoms with van der Waals surface area (Å²) in [7, 11) is 2.05. The van der Waals surface area contributed by atoms with Gasteiger partial charge < -0.3 is 5.32 Å². The second-order valence-corrected chi connectivity index (χ2v) is 7.41. The molecule has 0 amide bonds. The van der Waals surface area contributed by atoms with Gasteiger partial charge in [-0.3, -0.25) is 0 Å². The van der Waals surface area contributed by atoms with Crippen LogP contribution in [0.3, 0.4) is 0 Å². The summed E-state index contributed by atoms with van der Waals surface area (Å²) < 4.78 is 0. The zero-order chi connectivity index (χ0) is 18.8. The van der Waals surface area contributed by atoms with E-state index in [2.05, 4.69) is 92.9 Å². The molecule has 2 aliphatic carbocycles. The summed E-state index contributed by atoms with van der Waals surface area (Å²) in [6.07, 6.45) is 30.3. The van der Waals surface area contributed by atoms with E-state index in [1.54, 1.807) is 5.57 Å². The summed E-state index contributed by atoms with van der Waals surface area (Å²) in [5.41, 5.74) is 4.63. The summed E-state index contributed by atoms with van der Waals surface area (Å²) >= 11 is 0. The number of hydrogen-bond donors (Lipinski definition) is 1. The van der Waals surface area contributed by atoms with Gasteiger partial charge in [-0.25, -0.2) is 0 Å². The quantitative estimate of drug-likeness (QED) is 0.487. The van der Waals surface area contributed by atoms with E-state index in [9.17, 15) is 0 Å². The van der Waals surface area contributed by atoms with Crippen LogP contribution in [0.1, 0.15) is 52.9 Å². The van der Waals surface area contributed by atoms with E-state index in [0.717, 1.165) is 19.3 Å². The highest BCUT2D eigenvalue weighted by molar-refractivity contribution is 5.33. The zero-order valence-electron chi connectivity index (χ0n) is 17.0. The first-order chi connectivity index (χ1) is 12.6. The maximum Gasteiger partial charge on any atom is 0.0469 e. The van der Waals surface area contributed by atoms with E-state index in [1.165, 1.54) is 24.0 Å². The molecule has 1 heteroatoms. The largest absolute Gasteiger partial charge is 0.310 e. The van der Waals surface area contributed by atoms with Crippen molar-refractivity contribution in [3.8, 4) is 0 Å². The van der Waals surface area contributed by atoms with Crippen LogP contribution in [0.5, 0.6) is 0 Å². The van der Waals surface area contributed by atoms with Crippen molar-refractivity contribution in [3.63, 3.8) is 0 Å². The molecule has 0 radical (unpaired) electrons. The standard InChI is InChI=1S/C25H35N/c1-5-21-16-18-22(19-17-21)24(26-4)15-11-12-20-25(3,6-2)23-13-9-7-8-10-14-23/h7-13,15-16,18,20,24,26H,5-6,14,17,19H2,1-4H3/b15-11-,20-12+. The van der Waals surface area contributed by atoms with Crippen molar-refractivity contribution in [3.05, 3.63) is 83.6 Å². The molecule has 0 aromatic rings. The fraction of sp³-hybridized carbons (Fsp3) is 0.440. The van der Waals surface area contributed by atoms with Gasteiger partial charge in [-0.1, -0.05) is 98.8 Å². The molecule has 0 bridgehead atoms. The third kappa shape index (κ3) is 5.57. The topological polar surface area (TPSA) is 12.0 Å². The number of rotatable bonds is 8. The Morgan fingerprint density at radius 1 is 1.08 bits per heavy atom. The maximum atomic E-state index is 3.44. The molecular weight excluding hydrogens is 314 g/mol. The first-order valence-electron chi connectivity index (χ1n) is 10.1. The third-order valence-electron chi connectivity index (χ3n) is 5.77. The second kappa shape index (κ2) is 10.3. The highest BCUT2D eigenvalue weighted by Crippen LogP contribution is 2.35. The summed E-state index contributed by atoms with van der Waals surface area (Å²) in [4.78, 5) is 0. The van der Waals surface area contributed by atoms with Gasteiger partial charge >= 0.3 is 0 Å². The minimum atomic E-state index is 0.112. The molecule has 2 aliphatic rings. The van der Waals surface area contributed by atoms with Crippen LogP contribution in [0.4, 0.5) is 0 Å². The molecule has 26 heavy (non-hydrogen) atoms. The molecule has 0 fully saturated rings. The third-order valence-corrected chi connectivity index (χ3v) is 5.77. The van der Waals surface area contributed by atoms with Crippen LogP contribution in [-0.2, 0) is 0 Å². The first-order valence-corrected chi connectivity index (χ1v) is 10.1. The Hall–Kier alpha value is -1.86. The van der Waals surface area contributed by atoms with Gasteiger partial charge in [-0.2, -0.15) is 0 Å². The number of allylic oxidation sites excluding steroid dienone is 12. The SMILES string of the molecule is CCC1=CC=C(C(/C=C\C=C\C(C)(CC)C2=CC=CC=CC2)NC)CC1. The van der Waals surface area contributed by atoms with Crippen LogP contribution in [0.15, 0.2) is 83.6 Å². The molecule has 0 saturated carbocycles. The highest BCUT2D eigenvalue weighted by Gasteiger charge is 2.22. The predicted molar refractivity (Wildman–Crippen MR) is 116 cm³/mol. The average Bonchev–Trinajstić information content (AvgIpc) is 2.98. The Bertz CT molecular complexity index is 666. The van der Waals surface area contributed by atoms with Crippen molar-refractivity contribution in [2.24, 2.45) is 5.41 Å². The van der Waals surface area contributed by atoms with Crippen molar-refractivity contribution in [2.75, 3.05) is 7.05 Å². The lowest BCUT2D eigenvalue weighted by molar-refractivity contribution is 0.485. The molecule has 1 N–H and O–H groups in total. The summed E-state index contributed by atoms with van der Waals surface area (Å²) in [6.45, 7) is 6.85. The Balaban J connectivity index is 2.05. The molecule has 0 spiro atoms. The number of nitrogens with one attached hydrogen (secondary N) is 1. The molecule has 2 rings (SSSR count). The molecule has 2 atom stereocenters. The first kappa shape index (κ1) is 20.5. The highest BCUT2D eigenvalue weighted by atomic mass is 14.9. The van der Waals surface area contributed by atoms with E-state index in [-0.39, 0.29) is 5.41 Å². The molecular formula is C25H35N. The zero-order valence-corrected chi connectivity index (χ0v) is 17.0. The van der Waals surface area contributed by atoms with Gasteiger partial charge in [-0.05, 0) is 44.7 Å².